The van der Waals surface area contributed by atoms with Crippen LogP contribution in [-0.4, -0.2) is 14.2 Å². The van der Waals surface area contributed by atoms with E-state index in [-0.39, 0.29) is 6.04 Å². The summed E-state index contributed by atoms with van der Waals surface area (Å²) in [6, 6.07) is 16.1. The molecule has 100 valence electrons. The molecule has 0 aliphatic carbocycles. The molecule has 0 amide bonds. The lowest BCUT2D eigenvalue weighted by molar-refractivity contribution is 0.415. The summed E-state index contributed by atoms with van der Waals surface area (Å²) in [7, 11) is 3.71. The van der Waals surface area contributed by atoms with Crippen molar-refractivity contribution in [2.45, 2.75) is 13.0 Å². The molecule has 2 aromatic rings. The summed E-state index contributed by atoms with van der Waals surface area (Å²) in [5.41, 5.74) is 9.29. The number of nitrogens with two attached hydrogens (primary N) is 1. The van der Waals surface area contributed by atoms with Crippen molar-refractivity contribution in [3.63, 3.8) is 0 Å². The number of rotatable bonds is 4. The van der Waals surface area contributed by atoms with Gasteiger partial charge in [0, 0.05) is 18.8 Å². The normalized spacial score (nSPS) is 12.0. The third-order valence-electron chi connectivity index (χ3n) is 3.24. The van der Waals surface area contributed by atoms with E-state index in [1.807, 2.05) is 50.4 Å². The number of hydrogen-bond acceptors (Lipinski definition) is 3. The Morgan fingerprint density at radius 3 is 2.21 bits per heavy atom. The lowest BCUT2D eigenvalue weighted by Gasteiger charge is -2.25. The SMILES string of the molecule is COc1ccccc1N(C)c1ccccc1[C@@H](C)N. The Morgan fingerprint density at radius 1 is 1.00 bits per heavy atom. The Kier molecular flexibility index (Phi) is 4.07. The van der Waals surface area contributed by atoms with Crippen LogP contribution < -0.4 is 15.4 Å². The molecule has 2 rings (SSSR count). The Labute approximate surface area is 114 Å². The average Bonchev–Trinajstić information content (AvgIpc) is 2.46. The largest absolute Gasteiger partial charge is 0.495 e. The molecule has 0 fully saturated rings. The van der Waals surface area contributed by atoms with Crippen LogP contribution in [0, 0.1) is 0 Å². The number of hydrogen-bond donors (Lipinski definition) is 1. The van der Waals surface area contributed by atoms with E-state index in [1.165, 1.54) is 0 Å². The molecule has 0 bridgehead atoms. The topological polar surface area (TPSA) is 38.5 Å². The van der Waals surface area contributed by atoms with E-state index >= 15 is 0 Å². The van der Waals surface area contributed by atoms with Gasteiger partial charge in [-0.05, 0) is 30.7 Å². The molecule has 0 aliphatic rings. The molecule has 2 aromatic carbocycles. The van der Waals surface area contributed by atoms with Gasteiger partial charge in [-0.15, -0.1) is 0 Å². The highest BCUT2D eigenvalue weighted by Gasteiger charge is 2.14. The van der Waals surface area contributed by atoms with Gasteiger partial charge < -0.3 is 15.4 Å². The smallest absolute Gasteiger partial charge is 0.142 e. The van der Waals surface area contributed by atoms with Crippen molar-refractivity contribution in [2.24, 2.45) is 5.73 Å². The minimum absolute atomic E-state index is 0.00615. The Morgan fingerprint density at radius 2 is 1.58 bits per heavy atom. The second-order valence-corrected chi connectivity index (χ2v) is 4.58. The van der Waals surface area contributed by atoms with Gasteiger partial charge in [-0.25, -0.2) is 0 Å². The van der Waals surface area contributed by atoms with Gasteiger partial charge in [0.2, 0.25) is 0 Å². The quantitative estimate of drug-likeness (QED) is 0.910. The molecule has 0 radical (unpaired) electrons. The van der Waals surface area contributed by atoms with Gasteiger partial charge in [-0.2, -0.15) is 0 Å². The van der Waals surface area contributed by atoms with E-state index in [0.717, 1.165) is 22.7 Å². The molecule has 0 saturated heterocycles. The predicted molar refractivity (Wildman–Crippen MR) is 80.1 cm³/mol. The van der Waals surface area contributed by atoms with Crippen LogP contribution in [0.4, 0.5) is 11.4 Å². The van der Waals surface area contributed by atoms with Crippen molar-refractivity contribution in [1.82, 2.24) is 0 Å². The van der Waals surface area contributed by atoms with Crippen LogP contribution in [-0.2, 0) is 0 Å². The standard InChI is InChI=1S/C16H20N2O/c1-12(17)13-8-4-5-9-14(13)18(2)15-10-6-7-11-16(15)19-3/h4-12H,17H2,1-3H3/t12-/m1/s1. The number of para-hydroxylation sites is 3. The fourth-order valence-electron chi connectivity index (χ4n) is 2.21. The zero-order chi connectivity index (χ0) is 13.8. The van der Waals surface area contributed by atoms with Gasteiger partial charge in [0.15, 0.2) is 0 Å². The fraction of sp³-hybridized carbons (Fsp3) is 0.250. The maximum Gasteiger partial charge on any atom is 0.142 e. The first-order valence-electron chi connectivity index (χ1n) is 6.36. The van der Waals surface area contributed by atoms with Crippen LogP contribution >= 0.6 is 0 Å². The fourth-order valence-corrected chi connectivity index (χ4v) is 2.21. The number of ether oxygens (including phenoxy) is 1. The first-order valence-corrected chi connectivity index (χ1v) is 6.36. The Balaban J connectivity index is 2.47. The lowest BCUT2D eigenvalue weighted by Crippen LogP contribution is -2.16. The molecule has 3 heteroatoms. The maximum atomic E-state index is 6.04. The molecule has 0 heterocycles. The highest BCUT2D eigenvalue weighted by atomic mass is 16.5. The van der Waals surface area contributed by atoms with E-state index in [1.54, 1.807) is 7.11 Å². The van der Waals surface area contributed by atoms with E-state index in [9.17, 15) is 0 Å². The van der Waals surface area contributed by atoms with Crippen molar-refractivity contribution < 1.29 is 4.74 Å². The van der Waals surface area contributed by atoms with Crippen LogP contribution in [0.25, 0.3) is 0 Å². The van der Waals surface area contributed by atoms with Crippen molar-refractivity contribution in [2.75, 3.05) is 19.1 Å². The predicted octanol–water partition coefficient (Wildman–Crippen LogP) is 3.48. The molecule has 0 unspecified atom stereocenters. The van der Waals surface area contributed by atoms with E-state index in [2.05, 4.69) is 17.0 Å². The number of nitrogens with zero attached hydrogens (tertiary/aromatic N) is 1. The number of methoxy groups -OCH3 is 1. The summed E-state index contributed by atoms with van der Waals surface area (Å²) in [5.74, 6) is 0.851. The number of benzene rings is 2. The second kappa shape index (κ2) is 5.76. The molecule has 0 aromatic heterocycles. The second-order valence-electron chi connectivity index (χ2n) is 4.58. The molecule has 0 saturated carbocycles. The molecular weight excluding hydrogens is 236 g/mol. The van der Waals surface area contributed by atoms with Gasteiger partial charge in [0.1, 0.15) is 5.75 Å². The molecule has 0 spiro atoms. The van der Waals surface area contributed by atoms with Crippen LogP contribution in [0.15, 0.2) is 48.5 Å². The van der Waals surface area contributed by atoms with Crippen LogP contribution in [0.2, 0.25) is 0 Å². The maximum absolute atomic E-state index is 6.04. The van der Waals surface area contributed by atoms with Crippen molar-refractivity contribution >= 4 is 11.4 Å². The molecule has 2 N–H and O–H groups in total. The minimum Gasteiger partial charge on any atom is -0.495 e. The molecule has 19 heavy (non-hydrogen) atoms. The van der Waals surface area contributed by atoms with Crippen LogP contribution in [0.5, 0.6) is 5.75 Å². The van der Waals surface area contributed by atoms with Crippen molar-refractivity contribution in [3.8, 4) is 5.75 Å². The Hall–Kier alpha value is -2.00. The molecule has 1 atom stereocenters. The summed E-state index contributed by atoms with van der Waals surface area (Å²) < 4.78 is 5.42. The average molecular weight is 256 g/mol. The van der Waals surface area contributed by atoms with Crippen LogP contribution in [0.3, 0.4) is 0 Å². The van der Waals surface area contributed by atoms with E-state index in [0.29, 0.717) is 0 Å². The molecule has 0 aliphatic heterocycles. The number of anilines is 2. The monoisotopic (exact) mass is 256 g/mol. The highest BCUT2D eigenvalue weighted by Crippen LogP contribution is 2.35. The zero-order valence-electron chi connectivity index (χ0n) is 11.6. The van der Waals surface area contributed by atoms with Crippen molar-refractivity contribution in [1.29, 1.82) is 0 Å². The first kappa shape index (κ1) is 13.4. The van der Waals surface area contributed by atoms with Gasteiger partial charge >= 0.3 is 0 Å². The first-order chi connectivity index (χ1) is 9.15. The summed E-state index contributed by atoms with van der Waals surface area (Å²) >= 11 is 0. The summed E-state index contributed by atoms with van der Waals surface area (Å²) in [4.78, 5) is 2.11. The molecular formula is C16H20N2O. The van der Waals surface area contributed by atoms with Gasteiger partial charge in [0.05, 0.1) is 12.8 Å². The summed E-state index contributed by atoms with van der Waals surface area (Å²) in [5, 5.41) is 0. The van der Waals surface area contributed by atoms with Gasteiger partial charge in [-0.1, -0.05) is 30.3 Å². The summed E-state index contributed by atoms with van der Waals surface area (Å²) in [6.45, 7) is 1.99. The van der Waals surface area contributed by atoms with E-state index in [4.69, 9.17) is 10.5 Å². The zero-order valence-corrected chi connectivity index (χ0v) is 11.6. The van der Waals surface area contributed by atoms with E-state index < -0.39 is 0 Å². The lowest BCUT2D eigenvalue weighted by atomic mass is 10.1. The van der Waals surface area contributed by atoms with Crippen molar-refractivity contribution in [3.05, 3.63) is 54.1 Å². The van der Waals surface area contributed by atoms with Gasteiger partial charge in [0.25, 0.3) is 0 Å². The van der Waals surface area contributed by atoms with Gasteiger partial charge in [-0.3, -0.25) is 0 Å². The van der Waals surface area contributed by atoms with Crippen LogP contribution in [0.1, 0.15) is 18.5 Å². The summed E-state index contributed by atoms with van der Waals surface area (Å²) in [6.07, 6.45) is 0. The highest BCUT2D eigenvalue weighted by molar-refractivity contribution is 5.71. The Bertz CT molecular complexity index is 552. The third-order valence-corrected chi connectivity index (χ3v) is 3.24. The minimum atomic E-state index is -0.00615. The third kappa shape index (κ3) is 2.71. The molecule has 3 nitrogen and oxygen atoms in total.